The summed E-state index contributed by atoms with van der Waals surface area (Å²) in [6, 6.07) is 9.65. The number of fused-ring (bicyclic) bond motifs is 2. The Hall–Kier alpha value is -3.27. The van der Waals surface area contributed by atoms with Gasteiger partial charge in [-0.1, -0.05) is 11.8 Å². The van der Waals surface area contributed by atoms with Crippen molar-refractivity contribution in [2.24, 2.45) is 0 Å². The zero-order chi connectivity index (χ0) is 19.7. The lowest BCUT2D eigenvalue weighted by atomic mass is 10.1. The SMILES string of the molecule is COc1ccc2c(c1)C(NC(=O)CSc1nc3ccc([N+](=O)[O-])cc3[nH]1)CO2. The van der Waals surface area contributed by atoms with E-state index in [0.717, 1.165) is 11.3 Å². The molecule has 0 saturated carbocycles. The summed E-state index contributed by atoms with van der Waals surface area (Å²) in [6.45, 7) is 0.368. The van der Waals surface area contributed by atoms with Crippen LogP contribution in [0.5, 0.6) is 11.5 Å². The van der Waals surface area contributed by atoms with Crippen molar-refractivity contribution in [1.82, 2.24) is 15.3 Å². The molecule has 0 radical (unpaired) electrons. The molecule has 2 heterocycles. The highest BCUT2D eigenvalue weighted by Crippen LogP contribution is 2.35. The molecule has 1 atom stereocenters. The molecule has 0 spiro atoms. The number of imidazole rings is 1. The van der Waals surface area contributed by atoms with Crippen molar-refractivity contribution < 1.29 is 19.2 Å². The van der Waals surface area contributed by atoms with Gasteiger partial charge in [-0.05, 0) is 24.3 Å². The number of nitrogens with zero attached hydrogens (tertiary/aromatic N) is 2. The van der Waals surface area contributed by atoms with Crippen LogP contribution in [0.3, 0.4) is 0 Å². The van der Waals surface area contributed by atoms with Gasteiger partial charge in [0.2, 0.25) is 5.91 Å². The van der Waals surface area contributed by atoms with Crippen LogP contribution < -0.4 is 14.8 Å². The highest BCUT2D eigenvalue weighted by Gasteiger charge is 2.26. The number of aromatic nitrogens is 2. The van der Waals surface area contributed by atoms with Gasteiger partial charge in [0, 0.05) is 17.7 Å². The highest BCUT2D eigenvalue weighted by molar-refractivity contribution is 7.99. The maximum Gasteiger partial charge on any atom is 0.271 e. The van der Waals surface area contributed by atoms with Crippen molar-refractivity contribution >= 4 is 34.4 Å². The second-order valence-electron chi connectivity index (χ2n) is 6.12. The Morgan fingerprint density at radius 1 is 1.43 bits per heavy atom. The summed E-state index contributed by atoms with van der Waals surface area (Å²) in [4.78, 5) is 30.1. The number of nitrogens with one attached hydrogen (secondary N) is 2. The number of hydrogen-bond acceptors (Lipinski definition) is 7. The van der Waals surface area contributed by atoms with E-state index < -0.39 is 4.92 Å². The molecule has 144 valence electrons. The molecule has 3 aromatic rings. The Morgan fingerprint density at radius 3 is 3.07 bits per heavy atom. The molecule has 1 unspecified atom stereocenters. The number of hydrogen-bond donors (Lipinski definition) is 2. The number of non-ortho nitro benzene ring substituents is 1. The van der Waals surface area contributed by atoms with Crippen LogP contribution in [0.1, 0.15) is 11.6 Å². The van der Waals surface area contributed by atoms with Gasteiger partial charge in [-0.15, -0.1) is 0 Å². The molecular weight excluding hydrogens is 384 g/mol. The predicted molar refractivity (Wildman–Crippen MR) is 103 cm³/mol. The number of carbonyl (C=O) groups excluding carboxylic acids is 1. The van der Waals surface area contributed by atoms with Crippen LogP contribution in [-0.2, 0) is 4.79 Å². The molecule has 0 saturated heterocycles. The summed E-state index contributed by atoms with van der Waals surface area (Å²) >= 11 is 1.23. The van der Waals surface area contributed by atoms with Crippen molar-refractivity contribution in [3.8, 4) is 11.5 Å². The van der Waals surface area contributed by atoms with Crippen LogP contribution in [0.2, 0.25) is 0 Å². The second kappa shape index (κ2) is 7.39. The molecular formula is C18H16N4O5S. The smallest absolute Gasteiger partial charge is 0.271 e. The molecule has 0 bridgehead atoms. The minimum atomic E-state index is -0.461. The highest BCUT2D eigenvalue weighted by atomic mass is 32.2. The monoisotopic (exact) mass is 400 g/mol. The summed E-state index contributed by atoms with van der Waals surface area (Å²) in [5.41, 5.74) is 2.04. The zero-order valence-corrected chi connectivity index (χ0v) is 15.6. The molecule has 2 aromatic carbocycles. The van der Waals surface area contributed by atoms with E-state index in [1.54, 1.807) is 13.2 Å². The minimum Gasteiger partial charge on any atom is -0.497 e. The molecule has 9 nitrogen and oxygen atoms in total. The van der Waals surface area contributed by atoms with E-state index in [-0.39, 0.29) is 23.4 Å². The van der Waals surface area contributed by atoms with Gasteiger partial charge in [-0.2, -0.15) is 0 Å². The Bertz CT molecular complexity index is 1070. The van der Waals surface area contributed by atoms with Crippen LogP contribution in [0.25, 0.3) is 11.0 Å². The number of ether oxygens (including phenoxy) is 2. The first-order chi connectivity index (χ1) is 13.5. The topological polar surface area (TPSA) is 119 Å². The number of aromatic amines is 1. The van der Waals surface area contributed by atoms with Gasteiger partial charge in [-0.25, -0.2) is 4.98 Å². The summed E-state index contributed by atoms with van der Waals surface area (Å²) in [5, 5.41) is 14.3. The summed E-state index contributed by atoms with van der Waals surface area (Å²) in [7, 11) is 1.59. The fourth-order valence-electron chi connectivity index (χ4n) is 2.97. The Kier molecular flexibility index (Phi) is 4.78. The van der Waals surface area contributed by atoms with Gasteiger partial charge in [-0.3, -0.25) is 14.9 Å². The Balaban J connectivity index is 1.39. The summed E-state index contributed by atoms with van der Waals surface area (Å²) < 4.78 is 10.8. The van der Waals surface area contributed by atoms with E-state index in [9.17, 15) is 14.9 Å². The third kappa shape index (κ3) is 3.58. The van der Waals surface area contributed by atoms with Crippen LogP contribution in [0.4, 0.5) is 5.69 Å². The van der Waals surface area contributed by atoms with E-state index in [0.29, 0.717) is 28.5 Å². The number of nitro benzene ring substituents is 1. The van der Waals surface area contributed by atoms with Gasteiger partial charge >= 0.3 is 0 Å². The number of amides is 1. The lowest BCUT2D eigenvalue weighted by molar-refractivity contribution is -0.384. The maximum absolute atomic E-state index is 12.3. The number of thioether (sulfide) groups is 1. The van der Waals surface area contributed by atoms with Gasteiger partial charge in [0.05, 0.1) is 34.9 Å². The molecule has 4 rings (SSSR count). The van der Waals surface area contributed by atoms with Crippen molar-refractivity contribution in [3.63, 3.8) is 0 Å². The van der Waals surface area contributed by atoms with Crippen molar-refractivity contribution in [1.29, 1.82) is 0 Å². The number of methoxy groups -OCH3 is 1. The Morgan fingerprint density at radius 2 is 2.29 bits per heavy atom. The number of carbonyl (C=O) groups is 1. The lowest BCUT2D eigenvalue weighted by Gasteiger charge is -2.12. The lowest BCUT2D eigenvalue weighted by Crippen LogP contribution is -2.30. The van der Waals surface area contributed by atoms with E-state index in [4.69, 9.17) is 9.47 Å². The molecule has 2 N–H and O–H groups in total. The normalized spacial score (nSPS) is 15.1. The third-order valence-electron chi connectivity index (χ3n) is 4.33. The minimum absolute atomic E-state index is 0.0132. The average molecular weight is 400 g/mol. The molecule has 28 heavy (non-hydrogen) atoms. The second-order valence-corrected chi connectivity index (χ2v) is 7.09. The number of nitro groups is 1. The van der Waals surface area contributed by atoms with Gasteiger partial charge in [0.15, 0.2) is 5.16 Å². The maximum atomic E-state index is 12.3. The first-order valence-electron chi connectivity index (χ1n) is 8.40. The van der Waals surface area contributed by atoms with Gasteiger partial charge in [0.25, 0.3) is 5.69 Å². The molecule has 0 aliphatic carbocycles. The van der Waals surface area contributed by atoms with Gasteiger partial charge in [0.1, 0.15) is 18.1 Å². The zero-order valence-electron chi connectivity index (χ0n) is 14.8. The molecule has 1 aliphatic heterocycles. The molecule has 1 aromatic heterocycles. The predicted octanol–water partition coefficient (Wildman–Crippen LogP) is 2.82. The van der Waals surface area contributed by atoms with Crippen molar-refractivity contribution in [2.45, 2.75) is 11.2 Å². The standard InChI is InChI=1S/C18H16N4O5S/c1-26-11-3-5-16-12(7-11)15(8-27-16)19-17(23)9-28-18-20-13-4-2-10(22(24)25)6-14(13)21-18/h2-7,15H,8-9H2,1H3,(H,19,23)(H,20,21). The molecule has 0 fully saturated rings. The van der Waals surface area contributed by atoms with Crippen LogP contribution >= 0.6 is 11.8 Å². The van der Waals surface area contributed by atoms with Crippen LogP contribution in [0, 0.1) is 10.1 Å². The largest absolute Gasteiger partial charge is 0.497 e. The Labute approximate surface area is 163 Å². The summed E-state index contributed by atoms with van der Waals surface area (Å²) in [5.74, 6) is 1.42. The fraction of sp³-hybridized carbons (Fsp3) is 0.222. The van der Waals surface area contributed by atoms with Gasteiger partial charge < -0.3 is 19.8 Å². The van der Waals surface area contributed by atoms with E-state index in [1.807, 2.05) is 18.2 Å². The average Bonchev–Trinajstić information content (AvgIpc) is 3.29. The molecule has 1 aliphatic rings. The quantitative estimate of drug-likeness (QED) is 0.371. The van der Waals surface area contributed by atoms with Crippen LogP contribution in [0.15, 0.2) is 41.6 Å². The number of H-pyrrole nitrogens is 1. The molecule has 1 amide bonds. The van der Waals surface area contributed by atoms with E-state index >= 15 is 0 Å². The first-order valence-corrected chi connectivity index (χ1v) is 9.39. The molecule has 10 heteroatoms. The number of benzene rings is 2. The first kappa shape index (κ1) is 18.1. The van der Waals surface area contributed by atoms with E-state index in [2.05, 4.69) is 15.3 Å². The van der Waals surface area contributed by atoms with Crippen molar-refractivity contribution in [3.05, 3.63) is 52.1 Å². The number of rotatable bonds is 6. The fourth-order valence-corrected chi connectivity index (χ4v) is 3.66. The summed E-state index contributed by atoms with van der Waals surface area (Å²) in [6.07, 6.45) is 0. The third-order valence-corrected chi connectivity index (χ3v) is 5.20. The van der Waals surface area contributed by atoms with E-state index in [1.165, 1.54) is 23.9 Å². The van der Waals surface area contributed by atoms with Crippen molar-refractivity contribution in [2.75, 3.05) is 19.5 Å². The van der Waals surface area contributed by atoms with Crippen LogP contribution in [-0.4, -0.2) is 40.3 Å².